The normalized spacial score (nSPS) is 14.3. The van der Waals surface area contributed by atoms with Crippen molar-refractivity contribution in [2.75, 3.05) is 10.7 Å². The standard InChI is InChI=1S/C8H12Br2O4/c1-5(13-7(11)3-9)6(2)14-8(12)4-10/h5-6H,3-4H2,1-2H3/t5-,6+. The second-order valence-electron chi connectivity index (χ2n) is 2.66. The van der Waals surface area contributed by atoms with Crippen LogP contribution in [0.2, 0.25) is 0 Å². The molecule has 0 radical (unpaired) electrons. The van der Waals surface area contributed by atoms with Gasteiger partial charge in [-0.15, -0.1) is 0 Å². The molecule has 0 aliphatic rings. The minimum absolute atomic E-state index is 0.135. The van der Waals surface area contributed by atoms with Crippen molar-refractivity contribution < 1.29 is 19.1 Å². The van der Waals surface area contributed by atoms with Gasteiger partial charge < -0.3 is 9.47 Å². The van der Waals surface area contributed by atoms with Crippen LogP contribution in [0.15, 0.2) is 0 Å². The lowest BCUT2D eigenvalue weighted by atomic mass is 10.2. The van der Waals surface area contributed by atoms with Gasteiger partial charge in [-0.05, 0) is 13.8 Å². The van der Waals surface area contributed by atoms with E-state index < -0.39 is 12.2 Å². The number of rotatable bonds is 5. The minimum atomic E-state index is -0.442. The van der Waals surface area contributed by atoms with Gasteiger partial charge in [-0.1, -0.05) is 31.9 Å². The van der Waals surface area contributed by atoms with Crippen LogP contribution in [0.4, 0.5) is 0 Å². The molecule has 0 rings (SSSR count). The van der Waals surface area contributed by atoms with Crippen molar-refractivity contribution in [3.8, 4) is 0 Å². The van der Waals surface area contributed by atoms with Gasteiger partial charge in [0.2, 0.25) is 0 Å². The highest BCUT2D eigenvalue weighted by Gasteiger charge is 2.19. The molecule has 0 aromatic rings. The van der Waals surface area contributed by atoms with Gasteiger partial charge >= 0.3 is 11.9 Å². The maximum absolute atomic E-state index is 10.9. The Morgan fingerprint density at radius 2 is 1.29 bits per heavy atom. The summed E-state index contributed by atoms with van der Waals surface area (Å²) in [7, 11) is 0. The number of alkyl halides is 2. The first kappa shape index (κ1) is 13.9. The van der Waals surface area contributed by atoms with E-state index in [1.807, 2.05) is 0 Å². The Morgan fingerprint density at radius 3 is 1.50 bits per heavy atom. The Labute approximate surface area is 99.6 Å². The first-order chi connectivity index (χ1) is 6.51. The van der Waals surface area contributed by atoms with Crippen LogP contribution in [-0.4, -0.2) is 34.8 Å². The van der Waals surface area contributed by atoms with Gasteiger partial charge in [0.1, 0.15) is 22.9 Å². The molecule has 0 fully saturated rings. The van der Waals surface area contributed by atoms with Crippen LogP contribution >= 0.6 is 31.9 Å². The molecule has 0 unspecified atom stereocenters. The molecule has 0 aliphatic heterocycles. The predicted molar refractivity (Wildman–Crippen MR) is 58.7 cm³/mol. The molecule has 6 heteroatoms. The summed E-state index contributed by atoms with van der Waals surface area (Å²) in [6.07, 6.45) is -0.883. The largest absolute Gasteiger partial charge is 0.458 e. The molecule has 0 aromatic carbocycles. The molecule has 0 spiro atoms. The lowest BCUT2D eigenvalue weighted by Crippen LogP contribution is -2.31. The van der Waals surface area contributed by atoms with E-state index in [0.717, 1.165) is 0 Å². The SMILES string of the molecule is C[C@H](OC(=O)CBr)[C@@H](C)OC(=O)CBr. The van der Waals surface area contributed by atoms with Crippen LogP contribution in [0.1, 0.15) is 13.8 Å². The molecular weight excluding hydrogens is 320 g/mol. The van der Waals surface area contributed by atoms with Gasteiger partial charge in [0.25, 0.3) is 0 Å². The van der Waals surface area contributed by atoms with Crippen LogP contribution < -0.4 is 0 Å². The van der Waals surface area contributed by atoms with Crippen molar-refractivity contribution >= 4 is 43.8 Å². The Kier molecular flexibility index (Phi) is 7.17. The Morgan fingerprint density at radius 1 is 1.00 bits per heavy atom. The molecule has 0 aliphatic carbocycles. The summed E-state index contributed by atoms with van der Waals surface area (Å²) >= 11 is 5.93. The highest BCUT2D eigenvalue weighted by Crippen LogP contribution is 2.05. The lowest BCUT2D eigenvalue weighted by molar-refractivity contribution is -0.161. The molecule has 0 amide bonds. The number of carbonyl (C=O) groups is 2. The first-order valence-electron chi connectivity index (χ1n) is 4.02. The van der Waals surface area contributed by atoms with E-state index in [9.17, 15) is 9.59 Å². The first-order valence-corrected chi connectivity index (χ1v) is 6.26. The predicted octanol–water partition coefficient (Wildman–Crippen LogP) is 1.64. The van der Waals surface area contributed by atoms with Gasteiger partial charge in [0.15, 0.2) is 0 Å². The number of halogens is 2. The Hall–Kier alpha value is -0.100. The summed E-state index contributed by atoms with van der Waals surface area (Å²) < 4.78 is 9.86. The minimum Gasteiger partial charge on any atom is -0.458 e. The average Bonchev–Trinajstić information content (AvgIpc) is 2.17. The van der Waals surface area contributed by atoms with Crippen molar-refractivity contribution in [2.45, 2.75) is 26.1 Å². The van der Waals surface area contributed by atoms with Crippen molar-refractivity contribution in [3.05, 3.63) is 0 Å². The number of esters is 2. The molecule has 0 bridgehead atoms. The monoisotopic (exact) mass is 330 g/mol. The molecule has 0 saturated carbocycles. The lowest BCUT2D eigenvalue weighted by Gasteiger charge is -2.19. The molecule has 4 nitrogen and oxygen atoms in total. The highest BCUT2D eigenvalue weighted by molar-refractivity contribution is 9.09. The van der Waals surface area contributed by atoms with Gasteiger partial charge in [-0.25, -0.2) is 0 Å². The van der Waals surface area contributed by atoms with Crippen molar-refractivity contribution in [1.82, 2.24) is 0 Å². The van der Waals surface area contributed by atoms with E-state index in [4.69, 9.17) is 9.47 Å². The van der Waals surface area contributed by atoms with Crippen molar-refractivity contribution in [2.24, 2.45) is 0 Å². The van der Waals surface area contributed by atoms with E-state index in [2.05, 4.69) is 31.9 Å². The van der Waals surface area contributed by atoms with Gasteiger partial charge in [-0.2, -0.15) is 0 Å². The van der Waals surface area contributed by atoms with E-state index in [-0.39, 0.29) is 22.6 Å². The zero-order chi connectivity index (χ0) is 11.1. The van der Waals surface area contributed by atoms with E-state index in [0.29, 0.717) is 0 Å². The summed E-state index contributed by atoms with van der Waals surface area (Å²) in [5.41, 5.74) is 0. The summed E-state index contributed by atoms with van der Waals surface area (Å²) in [5.74, 6) is -0.751. The van der Waals surface area contributed by atoms with Crippen molar-refractivity contribution in [1.29, 1.82) is 0 Å². The number of hydrogen-bond acceptors (Lipinski definition) is 4. The fourth-order valence-electron chi connectivity index (χ4n) is 0.669. The molecule has 82 valence electrons. The number of hydrogen-bond donors (Lipinski definition) is 0. The van der Waals surface area contributed by atoms with Crippen molar-refractivity contribution in [3.63, 3.8) is 0 Å². The smallest absolute Gasteiger partial charge is 0.316 e. The number of carbonyl (C=O) groups excluding carboxylic acids is 2. The van der Waals surface area contributed by atoms with Crippen LogP contribution in [0.5, 0.6) is 0 Å². The van der Waals surface area contributed by atoms with E-state index in [1.165, 1.54) is 0 Å². The third-order valence-corrected chi connectivity index (χ3v) is 2.43. The topological polar surface area (TPSA) is 52.6 Å². The second kappa shape index (κ2) is 7.23. The average molecular weight is 332 g/mol. The molecule has 0 saturated heterocycles. The maximum atomic E-state index is 10.9. The zero-order valence-electron chi connectivity index (χ0n) is 7.96. The molecule has 0 aromatic heterocycles. The van der Waals surface area contributed by atoms with E-state index in [1.54, 1.807) is 13.8 Å². The van der Waals surface area contributed by atoms with Crippen LogP contribution in [-0.2, 0) is 19.1 Å². The summed E-state index contributed by atoms with van der Waals surface area (Å²) in [6, 6.07) is 0. The molecule has 14 heavy (non-hydrogen) atoms. The third kappa shape index (κ3) is 5.59. The molecule has 0 N–H and O–H groups in total. The Bertz CT molecular complexity index is 186. The van der Waals surface area contributed by atoms with Crippen LogP contribution in [0.3, 0.4) is 0 Å². The van der Waals surface area contributed by atoms with Crippen LogP contribution in [0.25, 0.3) is 0 Å². The maximum Gasteiger partial charge on any atom is 0.316 e. The third-order valence-electron chi connectivity index (χ3n) is 1.51. The summed E-state index contributed by atoms with van der Waals surface area (Å²) in [4.78, 5) is 21.7. The highest BCUT2D eigenvalue weighted by atomic mass is 79.9. The summed E-state index contributed by atoms with van der Waals surface area (Å²) in [6.45, 7) is 3.35. The van der Waals surface area contributed by atoms with Gasteiger partial charge in [-0.3, -0.25) is 9.59 Å². The number of ether oxygens (including phenoxy) is 2. The van der Waals surface area contributed by atoms with Crippen LogP contribution in [0, 0.1) is 0 Å². The molecule has 2 atom stereocenters. The Balaban J connectivity index is 3.92. The fourth-order valence-corrected chi connectivity index (χ4v) is 0.934. The molecular formula is C8H12Br2O4. The second-order valence-corrected chi connectivity index (χ2v) is 3.78. The molecule has 0 heterocycles. The van der Waals surface area contributed by atoms with Gasteiger partial charge in [0.05, 0.1) is 0 Å². The van der Waals surface area contributed by atoms with Gasteiger partial charge in [0, 0.05) is 0 Å². The summed E-state index contributed by atoms with van der Waals surface area (Å²) in [5, 5.41) is 0.271. The van der Waals surface area contributed by atoms with E-state index >= 15 is 0 Å². The quantitative estimate of drug-likeness (QED) is 0.567. The fraction of sp³-hybridized carbons (Fsp3) is 0.750. The zero-order valence-corrected chi connectivity index (χ0v) is 11.1.